The van der Waals surface area contributed by atoms with Crippen molar-refractivity contribution in [3.8, 4) is 0 Å². The van der Waals surface area contributed by atoms with Crippen molar-refractivity contribution >= 4 is 30.8 Å². The van der Waals surface area contributed by atoms with Gasteiger partial charge in [-0.3, -0.25) is 9.78 Å². The molecule has 0 spiro atoms. The summed E-state index contributed by atoms with van der Waals surface area (Å²) in [4.78, 5) is 26.6. The van der Waals surface area contributed by atoms with Gasteiger partial charge in [-0.05, 0) is 17.2 Å². The molecular formula is C15H14LiNO4. The number of rotatable bonds is 5. The monoisotopic (exact) mass is 279 g/mol. The number of ether oxygens (including phenoxy) is 1. The Hall–Kier alpha value is -2.09. The average Bonchev–Trinajstić information content (AvgIpc) is 2.46. The van der Waals surface area contributed by atoms with E-state index in [1.807, 2.05) is 30.3 Å². The molecule has 104 valence electrons. The van der Waals surface area contributed by atoms with E-state index in [2.05, 4.69) is 4.98 Å². The van der Waals surface area contributed by atoms with Gasteiger partial charge in [0.15, 0.2) is 0 Å². The van der Waals surface area contributed by atoms with Crippen LogP contribution in [-0.2, 0) is 22.6 Å². The van der Waals surface area contributed by atoms with Crippen molar-refractivity contribution in [1.29, 1.82) is 0 Å². The van der Waals surface area contributed by atoms with Gasteiger partial charge in [-0.1, -0.05) is 30.3 Å². The molecule has 6 heteroatoms. The molecule has 0 saturated carbocycles. The van der Waals surface area contributed by atoms with Crippen molar-refractivity contribution in [3.63, 3.8) is 0 Å². The number of aromatic nitrogens is 1. The van der Waals surface area contributed by atoms with Crippen LogP contribution < -0.4 is 0 Å². The van der Waals surface area contributed by atoms with Gasteiger partial charge in [-0.25, -0.2) is 4.79 Å². The van der Waals surface area contributed by atoms with E-state index in [0.717, 1.165) is 5.56 Å². The van der Waals surface area contributed by atoms with Gasteiger partial charge in [0.2, 0.25) is 0 Å². The summed E-state index contributed by atoms with van der Waals surface area (Å²) in [7, 11) is 0. The second-order valence-electron chi connectivity index (χ2n) is 4.17. The van der Waals surface area contributed by atoms with Crippen LogP contribution in [0.1, 0.15) is 21.5 Å². The number of aliphatic carboxylic acids is 1. The summed E-state index contributed by atoms with van der Waals surface area (Å²) in [6, 6.07) is 10.8. The molecule has 0 aliphatic heterocycles. The quantitative estimate of drug-likeness (QED) is 0.661. The average molecular weight is 279 g/mol. The molecule has 0 bridgehead atoms. The molecule has 0 aliphatic rings. The van der Waals surface area contributed by atoms with Crippen molar-refractivity contribution in [2.45, 2.75) is 13.0 Å². The van der Waals surface area contributed by atoms with Crippen molar-refractivity contribution < 1.29 is 19.4 Å². The number of carboxylic acid groups (broad SMARTS) is 1. The number of esters is 1. The Morgan fingerprint density at radius 1 is 1.14 bits per heavy atom. The molecule has 0 unspecified atom stereocenters. The molecule has 1 heterocycles. The Balaban J connectivity index is 0.00000220. The van der Waals surface area contributed by atoms with Gasteiger partial charge in [-0.2, -0.15) is 0 Å². The summed E-state index contributed by atoms with van der Waals surface area (Å²) < 4.78 is 5.16. The first kappa shape index (κ1) is 17.0. The number of nitrogens with zero attached hydrogens (tertiary/aromatic N) is 1. The van der Waals surface area contributed by atoms with E-state index in [4.69, 9.17) is 9.84 Å². The van der Waals surface area contributed by atoms with E-state index in [1.54, 1.807) is 0 Å². The molecular weight excluding hydrogens is 265 g/mol. The first-order valence-corrected chi connectivity index (χ1v) is 6.02. The zero-order valence-corrected chi connectivity index (χ0v) is 10.7. The summed E-state index contributed by atoms with van der Waals surface area (Å²) in [6.07, 6.45) is 2.54. The molecule has 1 aromatic carbocycles. The Kier molecular flexibility index (Phi) is 6.66. The van der Waals surface area contributed by atoms with E-state index >= 15 is 0 Å². The zero-order valence-electron chi connectivity index (χ0n) is 10.7. The van der Waals surface area contributed by atoms with Crippen molar-refractivity contribution in [2.24, 2.45) is 0 Å². The van der Waals surface area contributed by atoms with Crippen molar-refractivity contribution in [3.05, 3.63) is 65.5 Å². The fourth-order valence-corrected chi connectivity index (χ4v) is 1.73. The van der Waals surface area contributed by atoms with Crippen LogP contribution in [0.4, 0.5) is 0 Å². The van der Waals surface area contributed by atoms with Gasteiger partial charge in [0.25, 0.3) is 0 Å². The number of hydrogen-bond acceptors (Lipinski definition) is 4. The minimum atomic E-state index is -1.01. The number of benzene rings is 1. The molecule has 0 saturated heterocycles. The third kappa shape index (κ3) is 5.07. The first-order valence-electron chi connectivity index (χ1n) is 6.02. The van der Waals surface area contributed by atoms with Crippen molar-refractivity contribution in [2.75, 3.05) is 0 Å². The third-order valence-electron chi connectivity index (χ3n) is 2.69. The second-order valence-corrected chi connectivity index (χ2v) is 4.17. The topological polar surface area (TPSA) is 76.5 Å². The van der Waals surface area contributed by atoms with E-state index in [1.165, 1.54) is 18.5 Å². The van der Waals surface area contributed by atoms with Crippen LogP contribution in [0.5, 0.6) is 0 Å². The van der Waals surface area contributed by atoms with Crippen LogP contribution in [0, 0.1) is 0 Å². The van der Waals surface area contributed by atoms with Gasteiger partial charge in [0.1, 0.15) is 6.61 Å². The molecule has 0 amide bonds. The van der Waals surface area contributed by atoms with Crippen LogP contribution in [0.25, 0.3) is 0 Å². The predicted molar refractivity (Wildman–Crippen MR) is 78.3 cm³/mol. The Morgan fingerprint density at radius 3 is 2.52 bits per heavy atom. The first-order chi connectivity index (χ1) is 9.66. The second kappa shape index (κ2) is 8.25. The summed E-state index contributed by atoms with van der Waals surface area (Å²) in [6.45, 7) is 0.140. The van der Waals surface area contributed by atoms with E-state index < -0.39 is 11.9 Å². The minimum absolute atomic E-state index is 0. The van der Waals surface area contributed by atoms with Gasteiger partial charge in [0.05, 0.1) is 12.0 Å². The van der Waals surface area contributed by atoms with Crippen LogP contribution in [0.2, 0.25) is 0 Å². The van der Waals surface area contributed by atoms with Crippen LogP contribution in [0.15, 0.2) is 48.8 Å². The molecule has 1 N–H and O–H groups in total. The maximum absolute atomic E-state index is 12.0. The van der Waals surface area contributed by atoms with Gasteiger partial charge in [0, 0.05) is 12.4 Å². The summed E-state index contributed by atoms with van der Waals surface area (Å²) in [5.41, 5.74) is 1.45. The standard InChI is InChI=1S/C15H13NO4.Li.H/c17-14(18)8-12-6-7-16-9-13(12)15(19)20-10-11-4-2-1-3-5-11;;/h1-7,9H,8,10H2,(H,17,18);;. The summed E-state index contributed by atoms with van der Waals surface area (Å²) in [5.74, 6) is -1.58. The van der Waals surface area contributed by atoms with Gasteiger partial charge in [-0.15, -0.1) is 0 Å². The van der Waals surface area contributed by atoms with Crippen LogP contribution in [0.3, 0.4) is 0 Å². The number of pyridine rings is 1. The third-order valence-corrected chi connectivity index (χ3v) is 2.69. The van der Waals surface area contributed by atoms with Crippen LogP contribution >= 0.6 is 0 Å². The molecule has 1 aromatic heterocycles. The normalized spacial score (nSPS) is 9.52. The predicted octanol–water partition coefficient (Wildman–Crippen LogP) is 1.42. The number of hydrogen-bond donors (Lipinski definition) is 1. The maximum atomic E-state index is 12.0. The molecule has 5 nitrogen and oxygen atoms in total. The molecule has 0 radical (unpaired) electrons. The van der Waals surface area contributed by atoms with Crippen LogP contribution in [-0.4, -0.2) is 40.9 Å². The van der Waals surface area contributed by atoms with Gasteiger partial charge < -0.3 is 9.84 Å². The number of carboxylic acids is 1. The van der Waals surface area contributed by atoms with E-state index in [-0.39, 0.29) is 37.5 Å². The number of carbonyl (C=O) groups excluding carboxylic acids is 1. The Morgan fingerprint density at radius 2 is 1.86 bits per heavy atom. The SMILES string of the molecule is O=C(O)Cc1ccncc1C(=O)OCc1ccccc1.[LiH]. The summed E-state index contributed by atoms with van der Waals surface area (Å²) in [5, 5.41) is 8.81. The van der Waals surface area contributed by atoms with Gasteiger partial charge >= 0.3 is 30.8 Å². The molecule has 0 aliphatic carbocycles. The summed E-state index contributed by atoms with van der Waals surface area (Å²) >= 11 is 0. The zero-order chi connectivity index (χ0) is 14.4. The fraction of sp³-hybridized carbons (Fsp3) is 0.133. The Bertz CT molecular complexity index is 616. The number of carbonyl (C=O) groups is 2. The molecule has 0 atom stereocenters. The molecule has 21 heavy (non-hydrogen) atoms. The van der Waals surface area contributed by atoms with E-state index in [9.17, 15) is 9.59 Å². The fourth-order valence-electron chi connectivity index (χ4n) is 1.73. The molecule has 2 aromatic rings. The van der Waals surface area contributed by atoms with E-state index in [0.29, 0.717) is 5.56 Å². The Labute approximate surface area is 134 Å². The molecule has 0 fully saturated rings. The molecule has 2 rings (SSSR count). The van der Waals surface area contributed by atoms with Crippen molar-refractivity contribution in [1.82, 2.24) is 4.98 Å².